The summed E-state index contributed by atoms with van der Waals surface area (Å²) in [5.74, 6) is -0.875. The monoisotopic (exact) mass is 669 g/mol. The van der Waals surface area contributed by atoms with Crippen LogP contribution in [0, 0.1) is 16.7 Å². The molecule has 1 unspecified atom stereocenters. The molecule has 47 heavy (non-hydrogen) atoms. The average Bonchev–Trinajstić information content (AvgIpc) is 2.94. The van der Waals surface area contributed by atoms with Crippen molar-refractivity contribution in [2.75, 3.05) is 13.7 Å². The van der Waals surface area contributed by atoms with Crippen molar-refractivity contribution in [1.82, 2.24) is 5.32 Å². The molecule has 0 aliphatic heterocycles. The first-order chi connectivity index (χ1) is 21.7. The van der Waals surface area contributed by atoms with Gasteiger partial charge in [0.1, 0.15) is 11.9 Å². The number of nitrogens with one attached hydrogen (secondary N) is 1. The number of carbonyl (C=O) groups is 2. The van der Waals surface area contributed by atoms with Crippen LogP contribution in [0.2, 0.25) is 0 Å². The Hall–Kier alpha value is -3.70. The summed E-state index contributed by atoms with van der Waals surface area (Å²) >= 11 is 0. The van der Waals surface area contributed by atoms with Gasteiger partial charge in [0.25, 0.3) is 0 Å². The maximum absolute atomic E-state index is 13.5. The van der Waals surface area contributed by atoms with Gasteiger partial charge in [-0.3, -0.25) is 4.79 Å². The molecule has 0 heterocycles. The zero-order chi connectivity index (χ0) is 34.9. The van der Waals surface area contributed by atoms with Gasteiger partial charge in [0, 0.05) is 12.1 Å². The van der Waals surface area contributed by atoms with Crippen LogP contribution in [0.4, 0.5) is 31.1 Å². The number of carboxylic acid groups (broad SMARTS) is 1. The van der Waals surface area contributed by atoms with E-state index in [9.17, 15) is 41.0 Å². The second-order valence-corrected chi connectivity index (χ2v) is 13.8. The Balaban J connectivity index is 1.62. The molecule has 4 rings (SSSR count). The fourth-order valence-electron chi connectivity index (χ4n) is 6.54. The fourth-order valence-corrected chi connectivity index (χ4v) is 6.54. The van der Waals surface area contributed by atoms with Crippen molar-refractivity contribution in [3.63, 3.8) is 0 Å². The van der Waals surface area contributed by atoms with Gasteiger partial charge in [-0.15, -0.1) is 0 Å². The fraction of sp³-hybridized carbons (Fsp3) is 0.543. The van der Waals surface area contributed by atoms with Gasteiger partial charge in [0.05, 0.1) is 23.7 Å². The van der Waals surface area contributed by atoms with Crippen molar-refractivity contribution in [2.24, 2.45) is 16.7 Å². The Kier molecular flexibility index (Phi) is 10.3. The predicted octanol–water partition coefficient (Wildman–Crippen LogP) is 9.62. The molecule has 0 spiro atoms. The van der Waals surface area contributed by atoms with Crippen molar-refractivity contribution in [2.45, 2.75) is 91.1 Å². The molecule has 0 saturated heterocycles. The maximum Gasteiger partial charge on any atom is 0.416 e. The molecule has 2 aliphatic carbocycles. The normalized spacial score (nSPS) is 18.4. The van der Waals surface area contributed by atoms with Crippen LogP contribution in [-0.2, 0) is 28.3 Å². The number of halogens is 6. The molecule has 1 saturated carbocycles. The molecule has 1 fully saturated rings. The van der Waals surface area contributed by atoms with Crippen molar-refractivity contribution in [1.29, 1.82) is 0 Å². The maximum atomic E-state index is 13.5. The number of hydrogen-bond acceptors (Lipinski definition) is 4. The number of allylic oxidation sites excluding steroid dienone is 1. The number of alkyl carbamates (subject to hydrolysis) is 1. The van der Waals surface area contributed by atoms with E-state index in [0.29, 0.717) is 50.0 Å². The molecule has 1 atom stereocenters. The number of carboxylic acids is 1. The van der Waals surface area contributed by atoms with Crippen LogP contribution in [0.5, 0.6) is 5.75 Å². The van der Waals surface area contributed by atoms with E-state index in [1.807, 2.05) is 18.2 Å². The Morgan fingerprint density at radius 2 is 1.57 bits per heavy atom. The summed E-state index contributed by atoms with van der Waals surface area (Å²) in [6.45, 7) is 7.26. The minimum absolute atomic E-state index is 0.0191. The highest BCUT2D eigenvalue weighted by atomic mass is 19.4. The van der Waals surface area contributed by atoms with Gasteiger partial charge in [-0.05, 0) is 102 Å². The first-order valence-electron chi connectivity index (χ1n) is 15.6. The quantitative estimate of drug-likeness (QED) is 0.246. The molecule has 2 aliphatic rings. The Labute approximate surface area is 270 Å². The molecule has 2 aromatic carbocycles. The van der Waals surface area contributed by atoms with Gasteiger partial charge < -0.3 is 19.9 Å². The SMILES string of the molecule is COc1ccc(CC2(C(=O)O)CCC2)cc1C1=C(CNC(=O)OC(c2cc(C(F)(F)F)cc(C(F)(F)F)c2)C(C)C)CC(C)(C)CC1. The number of carbonyl (C=O) groups excluding carboxylic acids is 1. The van der Waals surface area contributed by atoms with Crippen LogP contribution in [-0.4, -0.2) is 30.8 Å². The molecule has 2 N–H and O–H groups in total. The third kappa shape index (κ3) is 8.43. The van der Waals surface area contributed by atoms with E-state index < -0.39 is 58.5 Å². The molecule has 0 aromatic heterocycles. The molecule has 0 bridgehead atoms. The Bertz CT molecular complexity index is 1490. The number of rotatable bonds is 10. The van der Waals surface area contributed by atoms with Crippen LogP contribution in [0.1, 0.15) is 100 Å². The minimum atomic E-state index is -5.04. The third-order valence-corrected chi connectivity index (χ3v) is 9.29. The van der Waals surface area contributed by atoms with Gasteiger partial charge >= 0.3 is 24.4 Å². The lowest BCUT2D eigenvalue weighted by Crippen LogP contribution is -2.39. The highest BCUT2D eigenvalue weighted by Gasteiger charge is 2.44. The van der Waals surface area contributed by atoms with Crippen LogP contribution in [0.25, 0.3) is 5.57 Å². The summed E-state index contributed by atoms with van der Waals surface area (Å²) in [7, 11) is 1.54. The van der Waals surface area contributed by atoms with Crippen molar-refractivity contribution >= 4 is 17.6 Å². The lowest BCUT2D eigenvalue weighted by molar-refractivity contribution is -0.154. The van der Waals surface area contributed by atoms with Crippen molar-refractivity contribution < 1.29 is 50.5 Å². The van der Waals surface area contributed by atoms with E-state index in [1.165, 1.54) is 21.0 Å². The number of amides is 1. The Morgan fingerprint density at radius 3 is 2.06 bits per heavy atom. The number of aliphatic carboxylic acids is 1. The second kappa shape index (κ2) is 13.4. The van der Waals surface area contributed by atoms with E-state index in [4.69, 9.17) is 9.47 Å². The number of methoxy groups -OCH3 is 1. The average molecular weight is 670 g/mol. The number of alkyl halides is 6. The van der Waals surface area contributed by atoms with E-state index in [-0.39, 0.29) is 18.0 Å². The molecule has 12 heteroatoms. The first kappa shape index (κ1) is 36.1. The van der Waals surface area contributed by atoms with Gasteiger partial charge in [0.15, 0.2) is 0 Å². The molecule has 2 aromatic rings. The zero-order valence-corrected chi connectivity index (χ0v) is 27.1. The lowest BCUT2D eigenvalue weighted by atomic mass is 9.65. The standard InChI is InChI=1S/C35H41F6NO5/c1-20(2)29(22-14-24(34(36,37)38)16-25(15-22)35(39,40)41)47-31(45)42-19-23-18-32(3,4)12-9-26(23)27-13-21(7-8-28(27)46-5)17-33(30(43)44)10-6-11-33/h7-8,13-16,20,29H,6,9-12,17-19H2,1-5H3,(H,42,45)(H,43,44). The summed E-state index contributed by atoms with van der Waals surface area (Å²) in [5, 5.41) is 12.5. The van der Waals surface area contributed by atoms with Crippen LogP contribution >= 0.6 is 0 Å². The summed E-state index contributed by atoms with van der Waals surface area (Å²) in [6, 6.07) is 6.80. The topological polar surface area (TPSA) is 84.9 Å². The summed E-state index contributed by atoms with van der Waals surface area (Å²) in [4.78, 5) is 25.1. The molecular weight excluding hydrogens is 628 g/mol. The first-order valence-corrected chi connectivity index (χ1v) is 15.6. The number of benzene rings is 2. The van der Waals surface area contributed by atoms with E-state index >= 15 is 0 Å². The van der Waals surface area contributed by atoms with E-state index in [1.54, 1.807) is 0 Å². The second-order valence-electron chi connectivity index (χ2n) is 13.8. The smallest absolute Gasteiger partial charge is 0.416 e. The largest absolute Gasteiger partial charge is 0.496 e. The van der Waals surface area contributed by atoms with Gasteiger partial charge in [-0.2, -0.15) is 26.3 Å². The third-order valence-electron chi connectivity index (χ3n) is 9.29. The molecule has 6 nitrogen and oxygen atoms in total. The minimum Gasteiger partial charge on any atom is -0.496 e. The van der Waals surface area contributed by atoms with Crippen LogP contribution in [0.15, 0.2) is 42.0 Å². The zero-order valence-electron chi connectivity index (χ0n) is 27.1. The summed E-state index contributed by atoms with van der Waals surface area (Å²) < 4.78 is 92.3. The summed E-state index contributed by atoms with van der Waals surface area (Å²) in [6.07, 6.45) is -7.96. The number of hydrogen-bond donors (Lipinski definition) is 2. The van der Waals surface area contributed by atoms with Gasteiger partial charge in [0.2, 0.25) is 0 Å². The summed E-state index contributed by atoms with van der Waals surface area (Å²) in [5.41, 5.74) is -0.877. The molecule has 258 valence electrons. The molecule has 1 amide bonds. The molecule has 0 radical (unpaired) electrons. The highest BCUT2D eigenvalue weighted by molar-refractivity contribution is 5.78. The lowest BCUT2D eigenvalue weighted by Gasteiger charge is -2.38. The van der Waals surface area contributed by atoms with Gasteiger partial charge in [-0.25, -0.2) is 4.79 Å². The predicted molar refractivity (Wildman–Crippen MR) is 164 cm³/mol. The van der Waals surface area contributed by atoms with Crippen molar-refractivity contribution in [3.8, 4) is 5.75 Å². The van der Waals surface area contributed by atoms with Gasteiger partial charge in [-0.1, -0.05) is 40.2 Å². The van der Waals surface area contributed by atoms with E-state index in [0.717, 1.165) is 35.1 Å². The van der Waals surface area contributed by atoms with E-state index in [2.05, 4.69) is 19.2 Å². The highest BCUT2D eigenvalue weighted by Crippen LogP contribution is 2.47. The van der Waals surface area contributed by atoms with Crippen molar-refractivity contribution in [3.05, 3.63) is 69.8 Å². The Morgan fingerprint density at radius 1 is 0.957 bits per heavy atom. The number of ether oxygens (including phenoxy) is 2. The van der Waals surface area contributed by atoms with Crippen LogP contribution < -0.4 is 10.1 Å². The van der Waals surface area contributed by atoms with Crippen LogP contribution in [0.3, 0.4) is 0 Å². The molecular formula is C35H41F6NO5.